The number of benzene rings is 1. The molecule has 3 aromatic heterocycles. The van der Waals surface area contributed by atoms with E-state index in [1.165, 1.54) is 29.2 Å². The Labute approximate surface area is 207 Å². The highest BCUT2D eigenvalue weighted by Gasteiger charge is 2.33. The minimum atomic E-state index is -0.309. The molecule has 7 nitrogen and oxygen atoms in total. The summed E-state index contributed by atoms with van der Waals surface area (Å²) in [4.78, 5) is 9.85. The van der Waals surface area contributed by atoms with Gasteiger partial charge in [-0.05, 0) is 56.2 Å². The number of thiazole rings is 1. The van der Waals surface area contributed by atoms with Crippen molar-refractivity contribution in [1.82, 2.24) is 19.9 Å². The van der Waals surface area contributed by atoms with Gasteiger partial charge in [0, 0.05) is 56.1 Å². The Morgan fingerprint density at radius 1 is 1.17 bits per heavy atom. The van der Waals surface area contributed by atoms with Gasteiger partial charge >= 0.3 is 0 Å². The molecule has 35 heavy (non-hydrogen) atoms. The number of aryl methyl sites for hydroxylation is 1. The molecule has 6 rings (SSSR count). The fourth-order valence-corrected chi connectivity index (χ4v) is 5.66. The summed E-state index contributed by atoms with van der Waals surface area (Å²) in [6, 6.07) is 12.9. The van der Waals surface area contributed by atoms with Gasteiger partial charge in [0.2, 0.25) is 0 Å². The summed E-state index contributed by atoms with van der Waals surface area (Å²) >= 11 is 1.35. The quantitative estimate of drug-likeness (QED) is 0.435. The minimum absolute atomic E-state index is 0.309. The van der Waals surface area contributed by atoms with Crippen molar-refractivity contribution < 1.29 is 4.39 Å². The van der Waals surface area contributed by atoms with Gasteiger partial charge in [-0.15, -0.1) is 0 Å². The predicted molar refractivity (Wildman–Crippen MR) is 137 cm³/mol. The first-order valence-electron chi connectivity index (χ1n) is 11.9. The number of aromatic nitrogens is 3. The monoisotopic (exact) mass is 487 g/mol. The number of hydrogen-bond acceptors (Lipinski definition) is 7. The first kappa shape index (κ1) is 22.0. The third kappa shape index (κ3) is 3.93. The van der Waals surface area contributed by atoms with E-state index in [2.05, 4.69) is 40.2 Å². The van der Waals surface area contributed by atoms with Gasteiger partial charge in [-0.25, -0.2) is 13.9 Å². The lowest BCUT2D eigenvalue weighted by Crippen LogP contribution is -2.43. The molecule has 2 fully saturated rings. The largest absolute Gasteiger partial charge is 0.369 e. The Balaban J connectivity index is 1.47. The van der Waals surface area contributed by atoms with Gasteiger partial charge in [0.25, 0.3) is 0 Å². The average Bonchev–Trinajstić information content (AvgIpc) is 3.51. The summed E-state index contributed by atoms with van der Waals surface area (Å²) in [5.74, 6) is 0.136. The Bertz CT molecular complexity index is 1440. The lowest BCUT2D eigenvalue weighted by atomic mass is 10.1. The van der Waals surface area contributed by atoms with E-state index in [0.717, 1.165) is 72.3 Å². The van der Waals surface area contributed by atoms with Crippen LogP contribution in [0, 0.1) is 24.1 Å². The fraction of sp³-hybridized carbons (Fsp3) is 0.346. The highest BCUT2D eigenvalue weighted by Crippen LogP contribution is 2.48. The maximum atomic E-state index is 13.5. The summed E-state index contributed by atoms with van der Waals surface area (Å²) in [6.07, 6.45) is 2.27. The fourth-order valence-electron chi connectivity index (χ4n) is 4.80. The van der Waals surface area contributed by atoms with Crippen LogP contribution in [0.3, 0.4) is 0 Å². The molecule has 178 valence electrons. The molecule has 0 spiro atoms. The zero-order valence-corrected chi connectivity index (χ0v) is 20.6. The molecule has 0 bridgehead atoms. The molecule has 1 saturated carbocycles. The standard InChI is InChI=1S/C26H26FN7S/c1-16-13-20(33-11-9-29-10-12-33)14-21-25(24(18-3-4-18)31-34(16)21)32(2)26-30-23(22(15-28)35-26)17-5-7-19(27)8-6-17/h5-8,13-14,18,29H,3-4,9-12H2,1-2H3. The van der Waals surface area contributed by atoms with Crippen LogP contribution in [0.15, 0.2) is 36.4 Å². The molecule has 4 aromatic rings. The normalized spacial score (nSPS) is 16.0. The van der Waals surface area contributed by atoms with Crippen LogP contribution in [-0.2, 0) is 0 Å². The van der Waals surface area contributed by atoms with Crippen molar-refractivity contribution >= 4 is 33.4 Å². The molecular weight excluding hydrogens is 461 g/mol. The number of pyridine rings is 1. The summed E-state index contributed by atoms with van der Waals surface area (Å²) in [6.45, 7) is 6.01. The average molecular weight is 488 g/mol. The maximum Gasteiger partial charge on any atom is 0.191 e. The number of piperazine rings is 1. The molecule has 0 unspecified atom stereocenters. The SMILES string of the molecule is Cc1cc(N2CCNCC2)cc2c(N(C)c3nc(-c4ccc(F)cc4)c(C#N)s3)c(C3CC3)nn12. The van der Waals surface area contributed by atoms with Gasteiger partial charge < -0.3 is 15.1 Å². The van der Waals surface area contributed by atoms with E-state index in [9.17, 15) is 9.65 Å². The third-order valence-corrected chi connectivity index (χ3v) is 7.84. The number of anilines is 3. The summed E-state index contributed by atoms with van der Waals surface area (Å²) in [5, 5.41) is 19.0. The van der Waals surface area contributed by atoms with E-state index < -0.39 is 0 Å². The molecule has 1 saturated heterocycles. The third-order valence-electron chi connectivity index (χ3n) is 6.80. The van der Waals surface area contributed by atoms with Crippen molar-refractivity contribution in [3.05, 3.63) is 58.5 Å². The lowest BCUT2D eigenvalue weighted by Gasteiger charge is -2.30. The minimum Gasteiger partial charge on any atom is -0.369 e. The molecule has 0 atom stereocenters. The molecule has 0 radical (unpaired) electrons. The van der Waals surface area contributed by atoms with Crippen LogP contribution in [0.1, 0.15) is 35.0 Å². The van der Waals surface area contributed by atoms with Crippen LogP contribution in [0.4, 0.5) is 20.9 Å². The molecule has 1 N–H and O–H groups in total. The molecule has 4 heterocycles. The number of hydrogen-bond donors (Lipinski definition) is 1. The zero-order valence-electron chi connectivity index (χ0n) is 19.8. The lowest BCUT2D eigenvalue weighted by molar-refractivity contribution is 0.589. The zero-order chi connectivity index (χ0) is 24.1. The Morgan fingerprint density at radius 3 is 2.60 bits per heavy atom. The van der Waals surface area contributed by atoms with Gasteiger partial charge in [0.15, 0.2) is 5.13 Å². The number of fused-ring (bicyclic) bond motifs is 1. The molecule has 9 heteroatoms. The van der Waals surface area contributed by atoms with Crippen LogP contribution >= 0.6 is 11.3 Å². The van der Waals surface area contributed by atoms with E-state index >= 15 is 0 Å². The Morgan fingerprint density at radius 2 is 1.91 bits per heavy atom. The van der Waals surface area contributed by atoms with Crippen LogP contribution in [0.25, 0.3) is 16.8 Å². The summed E-state index contributed by atoms with van der Waals surface area (Å²) in [7, 11) is 2.00. The second kappa shape index (κ2) is 8.63. The van der Waals surface area contributed by atoms with Crippen molar-refractivity contribution in [1.29, 1.82) is 5.26 Å². The number of halogens is 1. The first-order valence-corrected chi connectivity index (χ1v) is 12.7. The molecule has 1 aromatic carbocycles. The second-order valence-corrected chi connectivity index (χ2v) is 10.2. The highest BCUT2D eigenvalue weighted by atomic mass is 32.1. The number of rotatable bonds is 5. The first-order chi connectivity index (χ1) is 17.0. The van der Waals surface area contributed by atoms with Crippen molar-refractivity contribution in [2.45, 2.75) is 25.7 Å². The number of nitriles is 1. The van der Waals surface area contributed by atoms with E-state index in [1.807, 2.05) is 11.6 Å². The topological polar surface area (TPSA) is 72.5 Å². The summed E-state index contributed by atoms with van der Waals surface area (Å²) < 4.78 is 15.5. The van der Waals surface area contributed by atoms with Gasteiger partial charge in [-0.1, -0.05) is 11.3 Å². The van der Waals surface area contributed by atoms with Crippen molar-refractivity contribution in [3.8, 4) is 17.3 Å². The van der Waals surface area contributed by atoms with E-state index in [-0.39, 0.29) is 5.82 Å². The highest BCUT2D eigenvalue weighted by molar-refractivity contribution is 7.16. The van der Waals surface area contributed by atoms with E-state index in [1.54, 1.807) is 12.1 Å². The van der Waals surface area contributed by atoms with E-state index in [4.69, 9.17) is 10.1 Å². The van der Waals surface area contributed by atoms with Crippen molar-refractivity contribution in [3.63, 3.8) is 0 Å². The van der Waals surface area contributed by atoms with Crippen LogP contribution in [-0.4, -0.2) is 47.8 Å². The van der Waals surface area contributed by atoms with Crippen LogP contribution in [0.2, 0.25) is 0 Å². The molecular formula is C26H26FN7S. The summed E-state index contributed by atoms with van der Waals surface area (Å²) in [5.41, 5.74) is 6.82. The molecule has 0 amide bonds. The van der Waals surface area contributed by atoms with Crippen molar-refractivity contribution in [2.75, 3.05) is 43.0 Å². The Hall–Kier alpha value is -3.48. The van der Waals surface area contributed by atoms with Crippen molar-refractivity contribution in [2.24, 2.45) is 0 Å². The molecule has 1 aliphatic carbocycles. The second-order valence-electron chi connectivity index (χ2n) is 9.25. The number of nitrogens with one attached hydrogen (secondary N) is 1. The van der Waals surface area contributed by atoms with Gasteiger partial charge in [-0.3, -0.25) is 0 Å². The van der Waals surface area contributed by atoms with E-state index in [0.29, 0.717) is 16.5 Å². The Kier molecular flexibility index (Phi) is 5.43. The molecule has 1 aliphatic heterocycles. The predicted octanol–water partition coefficient (Wildman–Crippen LogP) is 4.83. The van der Waals surface area contributed by atoms with Crippen LogP contribution in [0.5, 0.6) is 0 Å². The van der Waals surface area contributed by atoms with Gasteiger partial charge in [0.05, 0.1) is 16.9 Å². The maximum absolute atomic E-state index is 13.5. The van der Waals surface area contributed by atoms with Crippen LogP contribution < -0.4 is 15.1 Å². The number of nitrogens with zero attached hydrogens (tertiary/aromatic N) is 6. The van der Waals surface area contributed by atoms with Gasteiger partial charge in [-0.2, -0.15) is 10.4 Å². The smallest absolute Gasteiger partial charge is 0.191 e. The van der Waals surface area contributed by atoms with Gasteiger partial charge in [0.1, 0.15) is 22.5 Å². The molecule has 2 aliphatic rings.